The third-order valence-electron chi connectivity index (χ3n) is 4.20. The average molecular weight is 314 g/mol. The van der Waals surface area contributed by atoms with Crippen molar-refractivity contribution in [1.29, 1.82) is 0 Å². The van der Waals surface area contributed by atoms with Gasteiger partial charge in [0.1, 0.15) is 0 Å². The first-order valence-corrected chi connectivity index (χ1v) is 8.17. The van der Waals surface area contributed by atoms with Crippen molar-refractivity contribution in [3.8, 4) is 0 Å². The van der Waals surface area contributed by atoms with Gasteiger partial charge in [-0.3, -0.25) is 0 Å². The zero-order chi connectivity index (χ0) is 17.1. The quantitative estimate of drug-likeness (QED) is 0.723. The molecule has 0 aliphatic heterocycles. The summed E-state index contributed by atoms with van der Waals surface area (Å²) in [6, 6.07) is 8.22. The normalized spacial score (nSPS) is 12.5. The van der Waals surface area contributed by atoms with Crippen LogP contribution in [0.15, 0.2) is 37.0 Å². The zero-order valence-electron chi connectivity index (χ0n) is 14.8. The molecule has 124 valence electrons. The van der Waals surface area contributed by atoms with Gasteiger partial charge >= 0.3 is 0 Å². The van der Waals surface area contributed by atoms with Crippen LogP contribution in [-0.2, 0) is 7.05 Å². The highest BCUT2D eigenvalue weighted by Gasteiger charge is 2.17. The molecule has 1 unspecified atom stereocenters. The monoisotopic (exact) mass is 314 g/mol. The molecule has 2 rings (SSSR count). The molecule has 0 radical (unpaired) electrons. The molecule has 0 spiro atoms. The molecule has 0 aliphatic carbocycles. The van der Waals surface area contributed by atoms with Crippen LogP contribution in [0.4, 0.5) is 10.1 Å². The Kier molecular flexibility index (Phi) is 5.30. The third kappa shape index (κ3) is 3.84. The Hall–Kier alpha value is -2.03. The van der Waals surface area contributed by atoms with Gasteiger partial charge in [0.25, 0.3) is 0 Å². The second-order valence-corrected chi connectivity index (χ2v) is 6.81. The van der Waals surface area contributed by atoms with Crippen LogP contribution in [0.1, 0.15) is 49.8 Å². The standard InChI is InChI=1S/C20H27FN2/c1-13(2)11-14(3)17-9-7-8-10-18(17)22-16(5)19-15(4)12-23(6)20(19)21/h7-10,12-14,22H,5,11H2,1-4,6H3. The maximum Gasteiger partial charge on any atom is 0.203 e. The molecule has 0 aliphatic rings. The molecule has 0 saturated heterocycles. The minimum absolute atomic E-state index is 0.257. The van der Waals surface area contributed by atoms with E-state index in [4.69, 9.17) is 0 Å². The van der Waals surface area contributed by atoms with Gasteiger partial charge in [0, 0.05) is 24.6 Å². The number of hydrogen-bond acceptors (Lipinski definition) is 1. The number of para-hydroxylation sites is 1. The van der Waals surface area contributed by atoms with Crippen molar-refractivity contribution >= 4 is 11.4 Å². The van der Waals surface area contributed by atoms with Gasteiger partial charge in [-0.25, -0.2) is 0 Å². The Labute approximate surface area is 139 Å². The van der Waals surface area contributed by atoms with Gasteiger partial charge in [0.05, 0.1) is 5.56 Å². The lowest BCUT2D eigenvalue weighted by Crippen LogP contribution is -2.06. The third-order valence-corrected chi connectivity index (χ3v) is 4.20. The topological polar surface area (TPSA) is 17.0 Å². The van der Waals surface area contributed by atoms with Crippen molar-refractivity contribution in [2.24, 2.45) is 13.0 Å². The van der Waals surface area contributed by atoms with Crippen molar-refractivity contribution in [2.45, 2.75) is 40.0 Å². The Morgan fingerprint density at radius 3 is 2.48 bits per heavy atom. The van der Waals surface area contributed by atoms with Gasteiger partial charge in [-0.1, -0.05) is 45.5 Å². The number of rotatable bonds is 6. The first-order chi connectivity index (χ1) is 10.8. The molecule has 1 heterocycles. The summed E-state index contributed by atoms with van der Waals surface area (Å²) >= 11 is 0. The van der Waals surface area contributed by atoms with Crippen LogP contribution in [-0.4, -0.2) is 4.57 Å². The van der Waals surface area contributed by atoms with Gasteiger partial charge in [-0.2, -0.15) is 4.39 Å². The van der Waals surface area contributed by atoms with Crippen molar-refractivity contribution < 1.29 is 4.39 Å². The molecule has 0 bridgehead atoms. The Morgan fingerprint density at radius 2 is 1.91 bits per heavy atom. The predicted octanol–water partition coefficient (Wildman–Crippen LogP) is 5.71. The average Bonchev–Trinajstić information content (AvgIpc) is 2.71. The van der Waals surface area contributed by atoms with E-state index in [0.717, 1.165) is 17.7 Å². The number of nitrogens with one attached hydrogen (secondary N) is 1. The van der Waals surface area contributed by atoms with Gasteiger partial charge in [0.2, 0.25) is 5.95 Å². The molecule has 1 aromatic heterocycles. The van der Waals surface area contributed by atoms with Crippen LogP contribution in [0.25, 0.3) is 5.70 Å². The van der Waals surface area contributed by atoms with Crippen LogP contribution in [0.5, 0.6) is 0 Å². The van der Waals surface area contributed by atoms with E-state index in [1.54, 1.807) is 13.2 Å². The number of aryl methyl sites for hydroxylation is 2. The van der Waals surface area contributed by atoms with E-state index in [9.17, 15) is 4.39 Å². The minimum Gasteiger partial charge on any atom is -0.355 e. The molecule has 0 saturated carbocycles. The highest BCUT2D eigenvalue weighted by Crippen LogP contribution is 2.32. The lowest BCUT2D eigenvalue weighted by molar-refractivity contribution is 0.524. The minimum atomic E-state index is -0.257. The summed E-state index contributed by atoms with van der Waals surface area (Å²) in [6.07, 6.45) is 2.90. The summed E-state index contributed by atoms with van der Waals surface area (Å²) in [4.78, 5) is 0. The molecule has 1 atom stereocenters. The van der Waals surface area contributed by atoms with E-state index in [0.29, 0.717) is 23.1 Å². The lowest BCUT2D eigenvalue weighted by Gasteiger charge is -2.20. The molecule has 0 amide bonds. The van der Waals surface area contributed by atoms with E-state index >= 15 is 0 Å². The predicted molar refractivity (Wildman–Crippen MR) is 97.1 cm³/mol. The van der Waals surface area contributed by atoms with Gasteiger partial charge in [0.15, 0.2) is 0 Å². The van der Waals surface area contributed by atoms with Crippen LogP contribution >= 0.6 is 0 Å². The van der Waals surface area contributed by atoms with Crippen LogP contribution in [0.2, 0.25) is 0 Å². The van der Waals surface area contributed by atoms with E-state index in [2.05, 4.69) is 44.8 Å². The summed E-state index contributed by atoms with van der Waals surface area (Å²) in [6.45, 7) is 12.6. The molecule has 0 fully saturated rings. The van der Waals surface area contributed by atoms with Crippen LogP contribution < -0.4 is 5.32 Å². The second-order valence-electron chi connectivity index (χ2n) is 6.81. The van der Waals surface area contributed by atoms with Gasteiger partial charge in [-0.05, 0) is 42.4 Å². The molecule has 1 N–H and O–H groups in total. The van der Waals surface area contributed by atoms with Gasteiger partial charge in [-0.15, -0.1) is 0 Å². The maximum atomic E-state index is 14.3. The van der Waals surface area contributed by atoms with E-state index < -0.39 is 0 Å². The second kappa shape index (κ2) is 7.03. The number of halogens is 1. The molecule has 23 heavy (non-hydrogen) atoms. The molecular formula is C20H27FN2. The molecular weight excluding hydrogens is 287 g/mol. The van der Waals surface area contributed by atoms with Crippen LogP contribution in [0, 0.1) is 18.8 Å². The summed E-state index contributed by atoms with van der Waals surface area (Å²) in [5.41, 5.74) is 4.29. The van der Waals surface area contributed by atoms with Crippen molar-refractivity contribution in [3.63, 3.8) is 0 Å². The summed E-state index contributed by atoms with van der Waals surface area (Å²) in [7, 11) is 1.71. The number of aromatic nitrogens is 1. The largest absolute Gasteiger partial charge is 0.355 e. The number of hydrogen-bond donors (Lipinski definition) is 1. The highest BCUT2D eigenvalue weighted by atomic mass is 19.1. The fourth-order valence-corrected chi connectivity index (χ4v) is 3.21. The Bertz CT molecular complexity index is 698. The summed E-state index contributed by atoms with van der Waals surface area (Å²) in [5.74, 6) is 0.816. The Balaban J connectivity index is 2.28. The van der Waals surface area contributed by atoms with Crippen molar-refractivity contribution in [1.82, 2.24) is 4.57 Å². The number of benzene rings is 1. The van der Waals surface area contributed by atoms with E-state index in [-0.39, 0.29) is 5.95 Å². The molecule has 1 aromatic carbocycles. The van der Waals surface area contributed by atoms with E-state index in [1.165, 1.54) is 10.1 Å². The first-order valence-electron chi connectivity index (χ1n) is 8.17. The van der Waals surface area contributed by atoms with E-state index in [1.807, 2.05) is 19.1 Å². The SMILES string of the molecule is C=C(Nc1ccccc1C(C)CC(C)C)c1c(C)cn(C)c1F. The summed E-state index contributed by atoms with van der Waals surface area (Å²) < 4.78 is 15.8. The summed E-state index contributed by atoms with van der Waals surface area (Å²) in [5, 5.41) is 3.33. The fourth-order valence-electron chi connectivity index (χ4n) is 3.21. The molecule has 3 heteroatoms. The number of anilines is 1. The van der Waals surface area contributed by atoms with Crippen molar-refractivity contribution in [2.75, 3.05) is 5.32 Å². The number of nitrogens with zero attached hydrogens (tertiary/aromatic N) is 1. The van der Waals surface area contributed by atoms with Crippen LogP contribution in [0.3, 0.4) is 0 Å². The first kappa shape index (κ1) is 17.3. The smallest absolute Gasteiger partial charge is 0.203 e. The molecule has 2 aromatic rings. The lowest BCUT2D eigenvalue weighted by atomic mass is 9.91. The fraction of sp³-hybridized carbons (Fsp3) is 0.400. The van der Waals surface area contributed by atoms with Crippen molar-refractivity contribution in [3.05, 3.63) is 59.7 Å². The maximum absolute atomic E-state index is 14.3. The highest BCUT2D eigenvalue weighted by molar-refractivity contribution is 5.78. The van der Waals surface area contributed by atoms with Gasteiger partial charge < -0.3 is 9.88 Å². The zero-order valence-corrected chi connectivity index (χ0v) is 14.8. The molecule has 2 nitrogen and oxygen atoms in total. The Morgan fingerprint density at radius 1 is 1.26 bits per heavy atom.